The second-order valence-electron chi connectivity index (χ2n) is 9.74. The van der Waals surface area contributed by atoms with E-state index in [9.17, 15) is 5.11 Å². The molecule has 0 spiro atoms. The van der Waals surface area contributed by atoms with Crippen LogP contribution in [0.3, 0.4) is 0 Å². The van der Waals surface area contributed by atoms with Crippen LogP contribution in [-0.2, 0) is 7.05 Å². The molecule has 2 N–H and O–H groups in total. The molecule has 1 atom stereocenters. The topological polar surface area (TPSA) is 92.0 Å². The maximum absolute atomic E-state index is 10.7. The van der Waals surface area contributed by atoms with E-state index in [-0.39, 0.29) is 36.1 Å². The maximum Gasteiger partial charge on any atom is 0.245 e. The lowest BCUT2D eigenvalue weighted by Gasteiger charge is -2.25. The Morgan fingerprint density at radius 1 is 1.00 bits per heavy atom. The van der Waals surface area contributed by atoms with Gasteiger partial charge in [0.05, 0.1) is 17.9 Å². The van der Waals surface area contributed by atoms with Crippen molar-refractivity contribution in [3.05, 3.63) is 48.8 Å². The Kier molecular flexibility index (Phi) is 7.89. The number of halogens is 2. The lowest BCUT2D eigenvalue weighted by atomic mass is 10.0. The number of benzene rings is 2. The molecule has 4 aromatic rings. The molecule has 35 heavy (non-hydrogen) atoms. The number of hydrogen-bond acceptors (Lipinski definition) is 7. The molecule has 1 aliphatic heterocycles. The summed E-state index contributed by atoms with van der Waals surface area (Å²) in [6.45, 7) is 8.29. The molecule has 0 saturated carbocycles. The second-order valence-corrected chi connectivity index (χ2v) is 9.74. The lowest BCUT2D eigenvalue weighted by molar-refractivity contribution is 0.373. The monoisotopic (exact) mass is 515 g/mol. The molecule has 10 heteroatoms. The molecule has 1 fully saturated rings. The standard InChI is InChI=1S/C25H29N7O.2ClH/c1-25(2,3)28-19-9-10-32(15-19)24-26-14-21(29-30-24)20-7-5-17(12-23(20)33)16-6-8-22-18(11-16)13-27-31(22)4;;/h5-8,11-14,19,28,33H,9-10,15H2,1-4H3;2*1H. The van der Waals surface area contributed by atoms with Crippen molar-refractivity contribution in [1.29, 1.82) is 0 Å². The molecule has 0 amide bonds. The molecule has 5 rings (SSSR count). The zero-order chi connectivity index (χ0) is 23.2. The number of nitrogens with zero attached hydrogens (tertiary/aromatic N) is 6. The zero-order valence-electron chi connectivity index (χ0n) is 20.3. The third-order valence-electron chi connectivity index (χ3n) is 6.01. The molecular formula is C25H31Cl2N7O. The third-order valence-corrected chi connectivity index (χ3v) is 6.01. The normalized spacial score (nSPS) is 15.7. The zero-order valence-corrected chi connectivity index (χ0v) is 21.9. The van der Waals surface area contributed by atoms with E-state index >= 15 is 0 Å². The number of anilines is 1. The Morgan fingerprint density at radius 2 is 1.74 bits per heavy atom. The number of fused-ring (bicyclic) bond motifs is 1. The van der Waals surface area contributed by atoms with Crippen LogP contribution in [0.5, 0.6) is 5.75 Å². The summed E-state index contributed by atoms with van der Waals surface area (Å²) in [6.07, 6.45) is 4.58. The number of aromatic nitrogens is 5. The minimum absolute atomic E-state index is 0. The Balaban J connectivity index is 0.00000171. The lowest BCUT2D eigenvalue weighted by Crippen LogP contribution is -2.45. The number of rotatable bonds is 4. The van der Waals surface area contributed by atoms with Crippen LogP contribution in [0.2, 0.25) is 0 Å². The molecule has 1 saturated heterocycles. The first-order valence-corrected chi connectivity index (χ1v) is 11.2. The maximum atomic E-state index is 10.7. The van der Waals surface area contributed by atoms with Crippen molar-refractivity contribution in [3.8, 4) is 28.1 Å². The van der Waals surface area contributed by atoms with E-state index in [0.29, 0.717) is 23.2 Å². The highest BCUT2D eigenvalue weighted by Gasteiger charge is 2.27. The van der Waals surface area contributed by atoms with Crippen molar-refractivity contribution in [1.82, 2.24) is 30.3 Å². The van der Waals surface area contributed by atoms with Gasteiger partial charge in [-0.3, -0.25) is 4.68 Å². The molecule has 186 valence electrons. The average molecular weight is 516 g/mol. The number of aromatic hydroxyl groups is 1. The van der Waals surface area contributed by atoms with E-state index in [1.165, 1.54) is 0 Å². The van der Waals surface area contributed by atoms with Gasteiger partial charge in [0.1, 0.15) is 11.4 Å². The smallest absolute Gasteiger partial charge is 0.245 e. The molecule has 0 aliphatic carbocycles. The molecule has 1 unspecified atom stereocenters. The second kappa shape index (κ2) is 10.4. The summed E-state index contributed by atoms with van der Waals surface area (Å²) in [5.41, 5.74) is 4.25. The summed E-state index contributed by atoms with van der Waals surface area (Å²) in [6, 6.07) is 12.2. The van der Waals surface area contributed by atoms with Crippen molar-refractivity contribution < 1.29 is 5.11 Å². The van der Waals surface area contributed by atoms with Crippen molar-refractivity contribution >= 4 is 41.7 Å². The van der Waals surface area contributed by atoms with Gasteiger partial charge in [0, 0.05) is 42.7 Å². The fourth-order valence-corrected chi connectivity index (χ4v) is 4.48. The van der Waals surface area contributed by atoms with Crippen LogP contribution < -0.4 is 10.2 Å². The fourth-order valence-electron chi connectivity index (χ4n) is 4.48. The van der Waals surface area contributed by atoms with Gasteiger partial charge in [0.25, 0.3) is 0 Å². The van der Waals surface area contributed by atoms with E-state index in [1.54, 1.807) is 12.3 Å². The summed E-state index contributed by atoms with van der Waals surface area (Å²) in [7, 11) is 1.92. The molecule has 2 aromatic heterocycles. The van der Waals surface area contributed by atoms with Gasteiger partial charge in [-0.15, -0.1) is 35.0 Å². The predicted molar refractivity (Wildman–Crippen MR) is 145 cm³/mol. The van der Waals surface area contributed by atoms with Crippen LogP contribution in [0.4, 0.5) is 5.95 Å². The van der Waals surface area contributed by atoms with Crippen LogP contribution in [0.25, 0.3) is 33.3 Å². The summed E-state index contributed by atoms with van der Waals surface area (Å²) < 4.78 is 1.85. The summed E-state index contributed by atoms with van der Waals surface area (Å²) >= 11 is 0. The number of aryl methyl sites for hydroxylation is 1. The van der Waals surface area contributed by atoms with Gasteiger partial charge in [0.2, 0.25) is 5.95 Å². The third kappa shape index (κ3) is 5.66. The predicted octanol–water partition coefficient (Wildman–Crippen LogP) is 4.61. The molecule has 0 radical (unpaired) electrons. The highest BCUT2D eigenvalue weighted by Crippen LogP contribution is 2.33. The molecule has 2 aromatic carbocycles. The molecule has 0 bridgehead atoms. The largest absolute Gasteiger partial charge is 0.507 e. The van der Waals surface area contributed by atoms with Crippen molar-refractivity contribution in [3.63, 3.8) is 0 Å². The van der Waals surface area contributed by atoms with Gasteiger partial charge in [-0.25, -0.2) is 4.98 Å². The molecule has 1 aliphatic rings. The Hall–Kier alpha value is -2.94. The van der Waals surface area contributed by atoms with E-state index in [2.05, 4.69) is 57.3 Å². The first kappa shape index (κ1) is 26.7. The summed E-state index contributed by atoms with van der Waals surface area (Å²) in [4.78, 5) is 6.68. The first-order chi connectivity index (χ1) is 15.8. The van der Waals surface area contributed by atoms with E-state index < -0.39 is 0 Å². The Bertz CT molecular complexity index is 1300. The quantitative estimate of drug-likeness (QED) is 0.409. The SMILES string of the molecule is Cl.Cl.Cn1ncc2cc(-c3ccc(-c4cnc(N5CCC(NC(C)(C)C)C5)nn4)c(O)c3)ccc21. The van der Waals surface area contributed by atoms with Crippen molar-refractivity contribution in [2.45, 2.75) is 38.8 Å². The van der Waals surface area contributed by atoms with Gasteiger partial charge in [0.15, 0.2) is 0 Å². The number of phenols is 1. The van der Waals surface area contributed by atoms with Crippen molar-refractivity contribution in [2.24, 2.45) is 7.05 Å². The molecule has 3 heterocycles. The summed E-state index contributed by atoms with van der Waals surface area (Å²) in [5, 5.41) is 28.4. The fraction of sp³-hybridized carbons (Fsp3) is 0.360. The van der Waals surface area contributed by atoms with Crippen LogP contribution >= 0.6 is 24.8 Å². The van der Waals surface area contributed by atoms with E-state index in [1.807, 2.05) is 42.2 Å². The first-order valence-electron chi connectivity index (χ1n) is 11.2. The number of nitrogens with one attached hydrogen (secondary N) is 1. The summed E-state index contributed by atoms with van der Waals surface area (Å²) in [5.74, 6) is 0.774. The number of phenolic OH excluding ortho intramolecular Hbond substituents is 1. The minimum atomic E-state index is 0. The highest BCUT2D eigenvalue weighted by molar-refractivity contribution is 5.86. The van der Waals surface area contributed by atoms with Crippen LogP contribution in [-0.4, -0.2) is 54.7 Å². The van der Waals surface area contributed by atoms with E-state index in [4.69, 9.17) is 0 Å². The van der Waals surface area contributed by atoms with Crippen LogP contribution in [0.1, 0.15) is 27.2 Å². The average Bonchev–Trinajstić information content (AvgIpc) is 3.39. The Morgan fingerprint density at radius 3 is 2.43 bits per heavy atom. The number of hydrogen-bond donors (Lipinski definition) is 2. The van der Waals surface area contributed by atoms with Gasteiger partial charge in [-0.05, 0) is 62.6 Å². The van der Waals surface area contributed by atoms with Crippen LogP contribution in [0, 0.1) is 0 Å². The molecular weight excluding hydrogens is 485 g/mol. The van der Waals surface area contributed by atoms with Gasteiger partial charge >= 0.3 is 0 Å². The van der Waals surface area contributed by atoms with Gasteiger partial charge in [-0.1, -0.05) is 12.1 Å². The van der Waals surface area contributed by atoms with E-state index in [0.717, 1.165) is 41.5 Å². The molecule has 8 nitrogen and oxygen atoms in total. The van der Waals surface area contributed by atoms with Gasteiger partial charge < -0.3 is 15.3 Å². The van der Waals surface area contributed by atoms with Crippen LogP contribution in [0.15, 0.2) is 48.8 Å². The Labute approximate surface area is 217 Å². The highest BCUT2D eigenvalue weighted by atomic mass is 35.5. The van der Waals surface area contributed by atoms with Crippen molar-refractivity contribution in [2.75, 3.05) is 18.0 Å². The minimum Gasteiger partial charge on any atom is -0.507 e. The van der Waals surface area contributed by atoms with Gasteiger partial charge in [-0.2, -0.15) is 5.10 Å².